The molecule has 0 aliphatic heterocycles. The van der Waals surface area contributed by atoms with Gasteiger partial charge in [0.05, 0.1) is 0 Å². The Morgan fingerprint density at radius 2 is 2.06 bits per heavy atom. The van der Waals surface area contributed by atoms with E-state index in [9.17, 15) is 4.79 Å². The van der Waals surface area contributed by atoms with Crippen LogP contribution in [0.2, 0.25) is 10.3 Å². The van der Waals surface area contributed by atoms with Crippen molar-refractivity contribution in [3.05, 3.63) is 40.7 Å². The van der Waals surface area contributed by atoms with Gasteiger partial charge in [-0.2, -0.15) is 0 Å². The molecule has 1 aliphatic carbocycles. The van der Waals surface area contributed by atoms with Crippen molar-refractivity contribution < 1.29 is 4.79 Å². The molecule has 1 amide bonds. The van der Waals surface area contributed by atoms with Crippen molar-refractivity contribution in [2.24, 2.45) is 0 Å². The molecular formula is C12H12Cl2N2O. The van der Waals surface area contributed by atoms with Gasteiger partial charge >= 0.3 is 0 Å². The maximum absolute atomic E-state index is 12.3. The van der Waals surface area contributed by atoms with Crippen molar-refractivity contribution in [2.75, 3.05) is 6.54 Å². The molecule has 0 N–H and O–H groups in total. The van der Waals surface area contributed by atoms with E-state index in [0.717, 1.165) is 12.8 Å². The SMILES string of the molecule is C=CCN(C(=O)c1cc(Cl)nc(Cl)c1)C1CC1. The molecule has 2 rings (SSSR count). The lowest BCUT2D eigenvalue weighted by Crippen LogP contribution is -2.33. The topological polar surface area (TPSA) is 33.2 Å². The summed E-state index contributed by atoms with van der Waals surface area (Å²) in [6, 6.07) is 3.40. The molecule has 3 nitrogen and oxygen atoms in total. The molecule has 0 spiro atoms. The Kier molecular flexibility index (Phi) is 3.69. The van der Waals surface area contributed by atoms with Crippen LogP contribution in [-0.2, 0) is 0 Å². The molecule has 1 aromatic rings. The second kappa shape index (κ2) is 5.07. The zero-order valence-corrected chi connectivity index (χ0v) is 10.7. The summed E-state index contributed by atoms with van der Waals surface area (Å²) in [5.74, 6) is -0.0707. The van der Waals surface area contributed by atoms with Crippen molar-refractivity contribution in [1.29, 1.82) is 0 Å². The van der Waals surface area contributed by atoms with Crippen molar-refractivity contribution in [1.82, 2.24) is 9.88 Å². The summed E-state index contributed by atoms with van der Waals surface area (Å²) in [5.41, 5.74) is 0.476. The Morgan fingerprint density at radius 1 is 1.47 bits per heavy atom. The number of carbonyl (C=O) groups excluding carboxylic acids is 1. The van der Waals surface area contributed by atoms with E-state index in [0.29, 0.717) is 18.2 Å². The molecule has 0 bridgehead atoms. The largest absolute Gasteiger partial charge is 0.332 e. The molecule has 1 aliphatic rings. The molecule has 1 heterocycles. The molecule has 17 heavy (non-hydrogen) atoms. The van der Waals surface area contributed by atoms with E-state index in [-0.39, 0.29) is 16.2 Å². The molecular weight excluding hydrogens is 259 g/mol. The highest BCUT2D eigenvalue weighted by Crippen LogP contribution is 2.28. The maximum atomic E-state index is 12.3. The van der Waals surface area contributed by atoms with Crippen LogP contribution in [-0.4, -0.2) is 28.4 Å². The Hall–Kier alpha value is -1.06. The molecule has 1 saturated carbocycles. The molecule has 0 saturated heterocycles. The highest BCUT2D eigenvalue weighted by molar-refractivity contribution is 6.33. The van der Waals surface area contributed by atoms with Gasteiger partial charge in [0.15, 0.2) is 0 Å². The Morgan fingerprint density at radius 3 is 2.53 bits per heavy atom. The number of aromatic nitrogens is 1. The zero-order chi connectivity index (χ0) is 12.4. The summed E-state index contributed by atoms with van der Waals surface area (Å²) < 4.78 is 0. The van der Waals surface area contributed by atoms with Gasteiger partial charge in [-0.05, 0) is 25.0 Å². The van der Waals surface area contributed by atoms with E-state index in [2.05, 4.69) is 11.6 Å². The molecule has 0 unspecified atom stereocenters. The number of nitrogens with zero attached hydrogens (tertiary/aromatic N) is 2. The minimum Gasteiger partial charge on any atom is -0.332 e. The third kappa shape index (κ3) is 2.99. The first-order valence-corrected chi connectivity index (χ1v) is 6.12. The highest BCUT2D eigenvalue weighted by Gasteiger charge is 2.32. The first-order chi connectivity index (χ1) is 8.11. The Labute approximate surface area is 110 Å². The van der Waals surface area contributed by atoms with Crippen molar-refractivity contribution >= 4 is 29.1 Å². The molecule has 0 atom stereocenters. The van der Waals surface area contributed by atoms with Crippen LogP contribution >= 0.6 is 23.2 Å². The van der Waals surface area contributed by atoms with E-state index in [4.69, 9.17) is 23.2 Å². The minimum absolute atomic E-state index is 0.0707. The number of carbonyl (C=O) groups is 1. The maximum Gasteiger partial charge on any atom is 0.254 e. The van der Waals surface area contributed by atoms with Gasteiger partial charge in [-0.1, -0.05) is 29.3 Å². The van der Waals surface area contributed by atoms with Gasteiger partial charge in [-0.25, -0.2) is 4.98 Å². The normalized spacial score (nSPS) is 14.5. The fourth-order valence-electron chi connectivity index (χ4n) is 1.68. The molecule has 0 aromatic carbocycles. The third-order valence-corrected chi connectivity index (χ3v) is 2.97. The number of amides is 1. The number of hydrogen-bond acceptors (Lipinski definition) is 2. The lowest BCUT2D eigenvalue weighted by atomic mass is 10.2. The van der Waals surface area contributed by atoms with E-state index in [1.54, 1.807) is 11.0 Å². The van der Waals surface area contributed by atoms with Crippen LogP contribution in [0.3, 0.4) is 0 Å². The zero-order valence-electron chi connectivity index (χ0n) is 9.20. The summed E-state index contributed by atoms with van der Waals surface area (Å²) in [6.07, 6.45) is 3.82. The van der Waals surface area contributed by atoms with Crippen LogP contribution in [0.1, 0.15) is 23.2 Å². The van der Waals surface area contributed by atoms with Crippen LogP contribution in [0.5, 0.6) is 0 Å². The van der Waals surface area contributed by atoms with Gasteiger partial charge < -0.3 is 4.90 Å². The van der Waals surface area contributed by atoms with Crippen LogP contribution < -0.4 is 0 Å². The smallest absolute Gasteiger partial charge is 0.254 e. The van der Waals surface area contributed by atoms with Crippen LogP contribution in [0.15, 0.2) is 24.8 Å². The van der Waals surface area contributed by atoms with E-state index < -0.39 is 0 Å². The first-order valence-electron chi connectivity index (χ1n) is 5.37. The molecule has 90 valence electrons. The second-order valence-corrected chi connectivity index (χ2v) is 4.75. The van der Waals surface area contributed by atoms with Crippen molar-refractivity contribution in [3.8, 4) is 0 Å². The summed E-state index contributed by atoms with van der Waals surface area (Å²) in [5, 5.41) is 0.463. The number of pyridine rings is 1. The monoisotopic (exact) mass is 270 g/mol. The van der Waals surface area contributed by atoms with Crippen molar-refractivity contribution in [2.45, 2.75) is 18.9 Å². The van der Waals surface area contributed by atoms with Crippen molar-refractivity contribution in [3.63, 3.8) is 0 Å². The first kappa shape index (κ1) is 12.4. The van der Waals surface area contributed by atoms with E-state index in [1.165, 1.54) is 12.1 Å². The van der Waals surface area contributed by atoms with Crippen LogP contribution in [0.25, 0.3) is 0 Å². The summed E-state index contributed by atoms with van der Waals surface area (Å²) in [7, 11) is 0. The fraction of sp³-hybridized carbons (Fsp3) is 0.333. The fourth-order valence-corrected chi connectivity index (χ4v) is 2.14. The van der Waals surface area contributed by atoms with Crippen LogP contribution in [0, 0.1) is 0 Å². The average Bonchev–Trinajstić information content (AvgIpc) is 3.07. The third-order valence-electron chi connectivity index (χ3n) is 2.58. The number of rotatable bonds is 4. The summed E-state index contributed by atoms with van der Waals surface area (Å²) in [6.45, 7) is 4.21. The lowest BCUT2D eigenvalue weighted by molar-refractivity contribution is 0.0762. The predicted octanol–water partition coefficient (Wildman–Crippen LogP) is 3.18. The van der Waals surface area contributed by atoms with E-state index in [1.807, 2.05) is 0 Å². The standard InChI is InChI=1S/C12H12Cl2N2O/c1-2-5-16(9-3-4-9)12(17)8-6-10(13)15-11(14)7-8/h2,6-7,9H,1,3-5H2. The Balaban J connectivity index is 2.24. The molecule has 1 fully saturated rings. The number of halogens is 2. The van der Waals surface area contributed by atoms with Gasteiger partial charge in [0.1, 0.15) is 10.3 Å². The van der Waals surface area contributed by atoms with Crippen LogP contribution in [0.4, 0.5) is 0 Å². The lowest BCUT2D eigenvalue weighted by Gasteiger charge is -2.20. The minimum atomic E-state index is -0.0707. The summed E-state index contributed by atoms with van der Waals surface area (Å²) >= 11 is 11.6. The average molecular weight is 271 g/mol. The van der Waals surface area contributed by atoms with Gasteiger partial charge in [0, 0.05) is 18.2 Å². The second-order valence-electron chi connectivity index (χ2n) is 3.98. The summed E-state index contributed by atoms with van der Waals surface area (Å²) in [4.78, 5) is 17.9. The Bertz CT molecular complexity index is 438. The van der Waals surface area contributed by atoms with Gasteiger partial charge in [0.25, 0.3) is 5.91 Å². The van der Waals surface area contributed by atoms with E-state index >= 15 is 0 Å². The van der Waals surface area contributed by atoms with Gasteiger partial charge in [0.2, 0.25) is 0 Å². The molecule has 0 radical (unpaired) electrons. The molecule has 1 aromatic heterocycles. The highest BCUT2D eigenvalue weighted by atomic mass is 35.5. The predicted molar refractivity (Wildman–Crippen MR) is 68.5 cm³/mol. The number of hydrogen-bond donors (Lipinski definition) is 0. The van der Waals surface area contributed by atoms with Gasteiger partial charge in [-0.3, -0.25) is 4.79 Å². The van der Waals surface area contributed by atoms with Gasteiger partial charge in [-0.15, -0.1) is 6.58 Å². The quantitative estimate of drug-likeness (QED) is 0.622. The molecule has 5 heteroatoms.